The van der Waals surface area contributed by atoms with E-state index in [4.69, 9.17) is 9.47 Å². The van der Waals surface area contributed by atoms with E-state index >= 15 is 0 Å². The molecule has 2 heterocycles. The second-order valence-corrected chi connectivity index (χ2v) is 6.38. The summed E-state index contributed by atoms with van der Waals surface area (Å²) < 4.78 is 10.3. The molecule has 2 fully saturated rings. The number of carbonyl (C=O) groups excluding carboxylic acids is 2. The van der Waals surface area contributed by atoms with Crippen LogP contribution in [-0.2, 0) is 20.9 Å². The summed E-state index contributed by atoms with van der Waals surface area (Å²) in [5.74, 6) is -0.379. The van der Waals surface area contributed by atoms with Crippen molar-refractivity contribution in [2.24, 2.45) is 0 Å². The van der Waals surface area contributed by atoms with Gasteiger partial charge < -0.3 is 9.47 Å². The van der Waals surface area contributed by atoms with Crippen molar-refractivity contribution in [3.05, 3.63) is 35.9 Å². The number of amides is 1. The first-order chi connectivity index (χ1) is 11.7. The van der Waals surface area contributed by atoms with Gasteiger partial charge in [0.05, 0.1) is 7.11 Å². The van der Waals surface area contributed by atoms with Gasteiger partial charge in [-0.1, -0.05) is 36.8 Å². The van der Waals surface area contributed by atoms with E-state index in [1.54, 1.807) is 4.90 Å². The summed E-state index contributed by atoms with van der Waals surface area (Å²) in [6.45, 7) is 2.23. The number of hydrogen-bond donors (Lipinski definition) is 0. The van der Waals surface area contributed by atoms with Crippen LogP contribution in [0.2, 0.25) is 0 Å². The third-order valence-electron chi connectivity index (χ3n) is 4.85. The van der Waals surface area contributed by atoms with Crippen molar-refractivity contribution in [1.29, 1.82) is 0 Å². The Morgan fingerprint density at radius 3 is 2.71 bits per heavy atom. The average molecular weight is 332 g/mol. The van der Waals surface area contributed by atoms with Gasteiger partial charge in [-0.2, -0.15) is 0 Å². The Bertz CT molecular complexity index is 578. The Balaban J connectivity index is 1.67. The molecule has 0 unspecified atom stereocenters. The molecule has 0 radical (unpaired) electrons. The van der Waals surface area contributed by atoms with Crippen molar-refractivity contribution >= 4 is 12.1 Å². The molecule has 6 nitrogen and oxygen atoms in total. The maximum atomic E-state index is 12.6. The number of piperidine rings is 1. The fourth-order valence-corrected chi connectivity index (χ4v) is 3.52. The molecule has 0 aliphatic carbocycles. The third-order valence-corrected chi connectivity index (χ3v) is 4.85. The van der Waals surface area contributed by atoms with Crippen molar-refractivity contribution in [2.75, 3.05) is 26.7 Å². The molecular weight excluding hydrogens is 308 g/mol. The molecule has 1 aromatic rings. The Morgan fingerprint density at radius 2 is 1.96 bits per heavy atom. The Kier molecular flexibility index (Phi) is 5.35. The van der Waals surface area contributed by atoms with Gasteiger partial charge in [0.25, 0.3) is 0 Å². The molecule has 0 spiro atoms. The zero-order valence-electron chi connectivity index (χ0n) is 14.0. The number of nitrogens with zero attached hydrogens (tertiary/aromatic N) is 2. The zero-order chi connectivity index (χ0) is 16.9. The molecule has 1 aromatic carbocycles. The van der Waals surface area contributed by atoms with E-state index in [0.717, 1.165) is 31.4 Å². The molecule has 2 aliphatic heterocycles. The highest BCUT2D eigenvalue weighted by Gasteiger charge is 2.42. The maximum absolute atomic E-state index is 12.6. The summed E-state index contributed by atoms with van der Waals surface area (Å²) in [6, 6.07) is 9.26. The number of fused-ring (bicyclic) bond motifs is 1. The van der Waals surface area contributed by atoms with Gasteiger partial charge in [0.2, 0.25) is 0 Å². The van der Waals surface area contributed by atoms with Crippen molar-refractivity contribution in [1.82, 2.24) is 9.80 Å². The van der Waals surface area contributed by atoms with Gasteiger partial charge in [-0.25, -0.2) is 9.59 Å². The molecule has 0 bridgehead atoms. The number of carbonyl (C=O) groups is 2. The molecule has 2 atom stereocenters. The van der Waals surface area contributed by atoms with Gasteiger partial charge in [0, 0.05) is 19.1 Å². The van der Waals surface area contributed by atoms with Crippen LogP contribution in [0.4, 0.5) is 4.79 Å². The van der Waals surface area contributed by atoms with Gasteiger partial charge in [-0.05, 0) is 24.9 Å². The summed E-state index contributed by atoms with van der Waals surface area (Å²) in [7, 11) is 1.36. The van der Waals surface area contributed by atoms with Crippen molar-refractivity contribution in [3.63, 3.8) is 0 Å². The van der Waals surface area contributed by atoms with Crippen LogP contribution in [0.15, 0.2) is 30.3 Å². The summed E-state index contributed by atoms with van der Waals surface area (Å²) >= 11 is 0. The van der Waals surface area contributed by atoms with Gasteiger partial charge in [-0.3, -0.25) is 9.80 Å². The topological polar surface area (TPSA) is 59.1 Å². The van der Waals surface area contributed by atoms with Crippen molar-refractivity contribution < 1.29 is 19.1 Å². The van der Waals surface area contributed by atoms with E-state index in [1.165, 1.54) is 7.11 Å². The van der Waals surface area contributed by atoms with Gasteiger partial charge in [-0.15, -0.1) is 0 Å². The number of hydrogen-bond acceptors (Lipinski definition) is 5. The second kappa shape index (κ2) is 7.66. The number of esters is 1. The lowest BCUT2D eigenvalue weighted by atomic mass is 9.97. The normalized spacial score (nSPS) is 24.1. The summed E-state index contributed by atoms with van der Waals surface area (Å²) in [4.78, 5) is 28.5. The highest BCUT2D eigenvalue weighted by atomic mass is 16.6. The molecule has 6 heteroatoms. The Labute approximate surface area is 142 Å². The minimum Gasteiger partial charge on any atom is -0.467 e. The van der Waals surface area contributed by atoms with E-state index in [-0.39, 0.29) is 12.6 Å². The average Bonchev–Trinajstić information content (AvgIpc) is 2.65. The van der Waals surface area contributed by atoms with Crippen molar-refractivity contribution in [3.8, 4) is 0 Å². The largest absolute Gasteiger partial charge is 0.467 e. The molecule has 0 N–H and O–H groups in total. The lowest BCUT2D eigenvalue weighted by molar-refractivity contribution is -0.150. The van der Waals surface area contributed by atoms with Crippen LogP contribution in [0, 0.1) is 0 Å². The lowest BCUT2D eigenvalue weighted by Gasteiger charge is -2.46. The zero-order valence-corrected chi connectivity index (χ0v) is 14.0. The van der Waals surface area contributed by atoms with Crippen LogP contribution >= 0.6 is 0 Å². The molecule has 0 aromatic heterocycles. The molecule has 1 amide bonds. The monoisotopic (exact) mass is 332 g/mol. The van der Waals surface area contributed by atoms with Crippen LogP contribution in [-0.4, -0.2) is 60.7 Å². The molecule has 2 aliphatic rings. The number of piperazine rings is 1. The minimum atomic E-state index is -0.590. The second-order valence-electron chi connectivity index (χ2n) is 6.38. The molecule has 130 valence electrons. The highest BCUT2D eigenvalue weighted by molar-refractivity contribution is 5.82. The molecular formula is C18H24N2O4. The summed E-state index contributed by atoms with van der Waals surface area (Å²) in [6.07, 6.45) is 2.91. The van der Waals surface area contributed by atoms with E-state index in [9.17, 15) is 9.59 Å². The highest BCUT2D eigenvalue weighted by Crippen LogP contribution is 2.25. The number of rotatable bonds is 3. The molecule has 2 saturated heterocycles. The molecule has 24 heavy (non-hydrogen) atoms. The van der Waals surface area contributed by atoms with Crippen LogP contribution in [0.5, 0.6) is 0 Å². The van der Waals surface area contributed by atoms with Crippen LogP contribution in [0.3, 0.4) is 0 Å². The number of ether oxygens (including phenoxy) is 2. The maximum Gasteiger partial charge on any atom is 0.410 e. The van der Waals surface area contributed by atoms with Crippen molar-refractivity contribution in [2.45, 2.75) is 38.0 Å². The van der Waals surface area contributed by atoms with Crippen LogP contribution in [0.25, 0.3) is 0 Å². The van der Waals surface area contributed by atoms with Gasteiger partial charge in [0.1, 0.15) is 12.6 Å². The van der Waals surface area contributed by atoms with Gasteiger partial charge >= 0.3 is 12.1 Å². The first kappa shape index (κ1) is 16.8. The number of benzene rings is 1. The summed E-state index contributed by atoms with van der Waals surface area (Å²) in [5.41, 5.74) is 0.928. The minimum absolute atomic E-state index is 0.207. The van der Waals surface area contributed by atoms with E-state index < -0.39 is 12.1 Å². The van der Waals surface area contributed by atoms with E-state index in [0.29, 0.717) is 19.1 Å². The first-order valence-electron chi connectivity index (χ1n) is 8.48. The Morgan fingerprint density at radius 1 is 1.17 bits per heavy atom. The smallest absolute Gasteiger partial charge is 0.410 e. The predicted molar refractivity (Wildman–Crippen MR) is 88.3 cm³/mol. The van der Waals surface area contributed by atoms with Gasteiger partial charge in [0.15, 0.2) is 0 Å². The quantitative estimate of drug-likeness (QED) is 0.793. The lowest BCUT2D eigenvalue weighted by Crippen LogP contribution is -2.63. The van der Waals surface area contributed by atoms with Crippen LogP contribution < -0.4 is 0 Å². The summed E-state index contributed by atoms with van der Waals surface area (Å²) in [5, 5.41) is 0. The molecule has 3 rings (SSSR count). The standard InChI is InChI=1S/C18H24N2O4/c1-23-17(21)16-12-19-10-6-5-9-15(19)11-20(16)18(22)24-13-14-7-3-2-4-8-14/h2-4,7-8,15-16H,5-6,9-13H2,1H3/t15-,16+/m1/s1. The Hall–Kier alpha value is -2.08. The van der Waals surface area contributed by atoms with E-state index in [1.807, 2.05) is 30.3 Å². The van der Waals surface area contributed by atoms with Crippen LogP contribution in [0.1, 0.15) is 24.8 Å². The SMILES string of the molecule is COC(=O)[C@@H]1CN2CCCC[C@@H]2CN1C(=O)OCc1ccccc1. The fraction of sp³-hybridized carbons (Fsp3) is 0.556. The van der Waals surface area contributed by atoms with E-state index in [2.05, 4.69) is 4.90 Å². The number of methoxy groups -OCH3 is 1. The molecule has 0 saturated carbocycles. The first-order valence-corrected chi connectivity index (χ1v) is 8.48. The fourth-order valence-electron chi connectivity index (χ4n) is 3.52. The predicted octanol–water partition coefficient (Wildman–Crippen LogP) is 2.03. The third kappa shape index (κ3) is 3.70.